The second kappa shape index (κ2) is 6.20. The third-order valence-corrected chi connectivity index (χ3v) is 4.30. The molecule has 0 aliphatic carbocycles. The molecule has 20 heavy (non-hydrogen) atoms. The summed E-state index contributed by atoms with van der Waals surface area (Å²) >= 11 is 12.1. The molecule has 0 spiro atoms. The number of likely N-dealkylation sites (tertiary alicyclic amines) is 1. The van der Waals surface area contributed by atoms with Crippen molar-refractivity contribution in [1.29, 1.82) is 0 Å². The molecule has 1 heterocycles. The van der Waals surface area contributed by atoms with Crippen LogP contribution in [0, 0.1) is 0 Å². The molecule has 4 nitrogen and oxygen atoms in total. The first kappa shape index (κ1) is 15.4. The summed E-state index contributed by atoms with van der Waals surface area (Å²) in [5.74, 6) is -0.0893. The van der Waals surface area contributed by atoms with Crippen molar-refractivity contribution in [3.63, 3.8) is 0 Å². The van der Waals surface area contributed by atoms with E-state index in [-0.39, 0.29) is 17.0 Å². The molecule has 1 amide bonds. The predicted molar refractivity (Wildman–Crippen MR) is 83.5 cm³/mol. The molecular formula is C14H19Cl2N3O. The normalized spacial score (nSPS) is 18.9. The van der Waals surface area contributed by atoms with Gasteiger partial charge in [-0.2, -0.15) is 0 Å². The minimum atomic E-state index is -0.0893. The highest BCUT2D eigenvalue weighted by Crippen LogP contribution is 2.31. The van der Waals surface area contributed by atoms with E-state index in [2.05, 4.69) is 4.90 Å². The SMILES string of the molecule is CN(C)CC1CCCN1C(=O)c1cc(N)cc(Cl)c1Cl. The van der Waals surface area contributed by atoms with Gasteiger partial charge in [0.25, 0.3) is 5.91 Å². The third-order valence-electron chi connectivity index (χ3n) is 3.49. The first-order chi connectivity index (χ1) is 9.40. The average Bonchev–Trinajstić information content (AvgIpc) is 2.80. The van der Waals surface area contributed by atoms with Gasteiger partial charge in [0, 0.05) is 24.8 Å². The van der Waals surface area contributed by atoms with Crippen LogP contribution in [0.15, 0.2) is 12.1 Å². The van der Waals surface area contributed by atoms with Gasteiger partial charge in [-0.1, -0.05) is 23.2 Å². The van der Waals surface area contributed by atoms with Crippen LogP contribution in [-0.2, 0) is 0 Å². The predicted octanol–water partition coefficient (Wildman–Crippen LogP) is 2.74. The monoisotopic (exact) mass is 315 g/mol. The lowest BCUT2D eigenvalue weighted by Crippen LogP contribution is -2.41. The Morgan fingerprint density at radius 3 is 2.80 bits per heavy atom. The summed E-state index contributed by atoms with van der Waals surface area (Å²) in [5.41, 5.74) is 6.60. The van der Waals surface area contributed by atoms with Gasteiger partial charge in [0.2, 0.25) is 0 Å². The molecule has 1 aliphatic heterocycles. The van der Waals surface area contributed by atoms with Gasteiger partial charge in [0.05, 0.1) is 15.6 Å². The number of halogens is 2. The van der Waals surface area contributed by atoms with Gasteiger partial charge in [-0.05, 0) is 39.1 Å². The summed E-state index contributed by atoms with van der Waals surface area (Å²) in [7, 11) is 4.01. The van der Waals surface area contributed by atoms with Gasteiger partial charge in [0.1, 0.15) is 0 Å². The molecule has 1 atom stereocenters. The molecule has 2 rings (SSSR count). The third kappa shape index (κ3) is 3.19. The van der Waals surface area contributed by atoms with E-state index in [0.717, 1.165) is 25.9 Å². The Morgan fingerprint density at radius 1 is 1.45 bits per heavy atom. The molecule has 6 heteroatoms. The van der Waals surface area contributed by atoms with Crippen molar-refractivity contribution >= 4 is 34.8 Å². The van der Waals surface area contributed by atoms with Gasteiger partial charge in [0.15, 0.2) is 0 Å². The molecule has 0 saturated carbocycles. The fraction of sp³-hybridized carbons (Fsp3) is 0.500. The topological polar surface area (TPSA) is 49.6 Å². The standard InChI is InChI=1S/C14H19Cl2N3O/c1-18(2)8-10-4-3-5-19(10)14(20)11-6-9(17)7-12(15)13(11)16/h6-7,10H,3-5,8,17H2,1-2H3. The Bertz CT molecular complexity index is 519. The molecule has 110 valence electrons. The number of rotatable bonds is 3. The second-order valence-corrected chi connectivity index (χ2v) is 6.21. The van der Waals surface area contributed by atoms with Gasteiger partial charge in [-0.15, -0.1) is 0 Å². The van der Waals surface area contributed by atoms with Gasteiger partial charge < -0.3 is 15.5 Å². The van der Waals surface area contributed by atoms with Crippen LogP contribution < -0.4 is 5.73 Å². The Morgan fingerprint density at radius 2 is 2.15 bits per heavy atom. The fourth-order valence-electron chi connectivity index (χ4n) is 2.63. The lowest BCUT2D eigenvalue weighted by Gasteiger charge is -2.27. The summed E-state index contributed by atoms with van der Waals surface area (Å²) in [5, 5.41) is 0.597. The van der Waals surface area contributed by atoms with Crippen molar-refractivity contribution in [2.75, 3.05) is 32.9 Å². The number of hydrogen-bond donors (Lipinski definition) is 1. The number of amides is 1. The van der Waals surface area contributed by atoms with Gasteiger partial charge in [-0.25, -0.2) is 0 Å². The Balaban J connectivity index is 2.27. The zero-order valence-corrected chi connectivity index (χ0v) is 13.2. The van der Waals surface area contributed by atoms with E-state index in [9.17, 15) is 4.79 Å². The number of likely N-dealkylation sites (N-methyl/N-ethyl adjacent to an activating group) is 1. The van der Waals surface area contributed by atoms with Crippen molar-refractivity contribution in [3.05, 3.63) is 27.7 Å². The summed E-state index contributed by atoms with van der Waals surface area (Å²) in [4.78, 5) is 16.6. The van der Waals surface area contributed by atoms with Crippen LogP contribution >= 0.6 is 23.2 Å². The maximum absolute atomic E-state index is 12.7. The first-order valence-corrected chi connectivity index (χ1v) is 7.36. The number of hydrogen-bond acceptors (Lipinski definition) is 3. The van der Waals surface area contributed by atoms with Crippen molar-refractivity contribution in [1.82, 2.24) is 9.80 Å². The quantitative estimate of drug-likeness (QED) is 0.872. The molecule has 2 N–H and O–H groups in total. The zero-order chi connectivity index (χ0) is 14.9. The zero-order valence-electron chi connectivity index (χ0n) is 11.7. The lowest BCUT2D eigenvalue weighted by atomic mass is 10.1. The van der Waals surface area contributed by atoms with Crippen LogP contribution in [0.3, 0.4) is 0 Å². The number of nitrogens with two attached hydrogens (primary N) is 1. The highest BCUT2D eigenvalue weighted by molar-refractivity contribution is 6.44. The molecule has 1 aromatic carbocycles. The molecule has 1 fully saturated rings. The number of nitrogens with zero attached hydrogens (tertiary/aromatic N) is 2. The molecule has 1 aromatic rings. The minimum Gasteiger partial charge on any atom is -0.399 e. The molecule has 0 bridgehead atoms. The van der Waals surface area contributed by atoms with Crippen LogP contribution in [0.5, 0.6) is 0 Å². The van der Waals surface area contributed by atoms with Crippen molar-refractivity contribution < 1.29 is 4.79 Å². The van der Waals surface area contributed by atoms with Crippen LogP contribution in [0.2, 0.25) is 10.0 Å². The van der Waals surface area contributed by atoms with Crippen molar-refractivity contribution in [2.24, 2.45) is 0 Å². The largest absolute Gasteiger partial charge is 0.399 e. The summed E-state index contributed by atoms with van der Waals surface area (Å²) in [6, 6.07) is 3.37. The molecule has 0 aromatic heterocycles. The Labute approximate surface area is 129 Å². The highest BCUT2D eigenvalue weighted by atomic mass is 35.5. The van der Waals surface area contributed by atoms with Crippen molar-refractivity contribution in [2.45, 2.75) is 18.9 Å². The minimum absolute atomic E-state index is 0.0893. The number of anilines is 1. The number of carbonyl (C=O) groups is 1. The summed E-state index contributed by atoms with van der Waals surface area (Å²) in [6.45, 7) is 1.60. The average molecular weight is 316 g/mol. The van der Waals surface area contributed by atoms with E-state index in [1.807, 2.05) is 19.0 Å². The first-order valence-electron chi connectivity index (χ1n) is 6.60. The van der Waals surface area contributed by atoms with Gasteiger partial charge in [-0.3, -0.25) is 4.79 Å². The molecule has 1 saturated heterocycles. The maximum Gasteiger partial charge on any atom is 0.255 e. The van der Waals surface area contributed by atoms with Crippen LogP contribution in [-0.4, -0.2) is 48.9 Å². The smallest absolute Gasteiger partial charge is 0.255 e. The molecule has 0 radical (unpaired) electrons. The summed E-state index contributed by atoms with van der Waals surface area (Å²) in [6.07, 6.45) is 2.02. The van der Waals surface area contributed by atoms with Crippen LogP contribution in [0.1, 0.15) is 23.2 Å². The van der Waals surface area contributed by atoms with E-state index in [1.165, 1.54) is 0 Å². The number of benzene rings is 1. The molecule has 1 aliphatic rings. The number of nitrogen functional groups attached to an aromatic ring is 1. The van der Waals surface area contributed by atoms with Gasteiger partial charge >= 0.3 is 0 Å². The second-order valence-electron chi connectivity index (χ2n) is 5.42. The lowest BCUT2D eigenvalue weighted by molar-refractivity contribution is 0.0716. The maximum atomic E-state index is 12.7. The molecular weight excluding hydrogens is 297 g/mol. The molecule has 1 unspecified atom stereocenters. The number of carbonyl (C=O) groups excluding carboxylic acids is 1. The van der Waals surface area contributed by atoms with E-state index in [4.69, 9.17) is 28.9 Å². The van der Waals surface area contributed by atoms with E-state index < -0.39 is 0 Å². The van der Waals surface area contributed by atoms with Crippen LogP contribution in [0.25, 0.3) is 0 Å². The van der Waals surface area contributed by atoms with E-state index >= 15 is 0 Å². The highest BCUT2D eigenvalue weighted by Gasteiger charge is 2.31. The Hall–Kier alpha value is -0.970. The van der Waals surface area contributed by atoms with E-state index in [1.54, 1.807) is 12.1 Å². The Kier molecular flexibility index (Phi) is 4.78. The van der Waals surface area contributed by atoms with E-state index in [0.29, 0.717) is 16.3 Å². The van der Waals surface area contributed by atoms with Crippen molar-refractivity contribution in [3.8, 4) is 0 Å². The fourth-order valence-corrected chi connectivity index (χ4v) is 3.05. The van der Waals surface area contributed by atoms with Crippen LogP contribution in [0.4, 0.5) is 5.69 Å². The summed E-state index contributed by atoms with van der Waals surface area (Å²) < 4.78 is 0.